The van der Waals surface area contributed by atoms with Crippen LogP contribution < -0.4 is 5.32 Å². The average Bonchev–Trinajstić information content (AvgIpc) is 2.48. The second-order valence-electron chi connectivity index (χ2n) is 5.74. The van der Waals surface area contributed by atoms with Crippen LogP contribution >= 0.6 is 0 Å². The Morgan fingerprint density at radius 1 is 1.19 bits per heavy atom. The summed E-state index contributed by atoms with van der Waals surface area (Å²) in [6.45, 7) is 1.78. The van der Waals surface area contributed by atoms with Gasteiger partial charge in [0.25, 0.3) is 0 Å². The van der Waals surface area contributed by atoms with Crippen LogP contribution in [0.1, 0.15) is 48.6 Å². The Labute approximate surface area is 125 Å². The Kier molecular flexibility index (Phi) is 3.84. The molecule has 2 unspecified atom stereocenters. The van der Waals surface area contributed by atoms with E-state index in [2.05, 4.69) is 5.32 Å². The van der Waals surface area contributed by atoms with Crippen molar-refractivity contribution in [1.82, 2.24) is 0 Å². The molecule has 110 valence electrons. The summed E-state index contributed by atoms with van der Waals surface area (Å²) in [5, 5.41) is 23.2. The zero-order chi connectivity index (χ0) is 14.8. The van der Waals surface area contributed by atoms with Crippen molar-refractivity contribution < 1.29 is 10.2 Å². The molecule has 0 amide bonds. The van der Waals surface area contributed by atoms with E-state index in [1.807, 2.05) is 36.4 Å². The number of rotatable bonds is 3. The Hall–Kier alpha value is -2.00. The third-order valence-corrected chi connectivity index (χ3v) is 4.18. The van der Waals surface area contributed by atoms with E-state index in [9.17, 15) is 10.2 Å². The number of hydrogen-bond donors (Lipinski definition) is 3. The summed E-state index contributed by atoms with van der Waals surface area (Å²) < 4.78 is 0. The number of phenols is 1. The fourth-order valence-corrected chi connectivity index (χ4v) is 3.12. The lowest BCUT2D eigenvalue weighted by molar-refractivity contribution is 0.200. The van der Waals surface area contributed by atoms with Crippen LogP contribution in [0.4, 0.5) is 5.69 Å². The molecule has 0 heterocycles. The average molecular weight is 283 g/mol. The number of aryl methyl sites for hydroxylation is 1. The maximum absolute atomic E-state index is 9.89. The third kappa shape index (κ3) is 2.88. The van der Waals surface area contributed by atoms with Crippen molar-refractivity contribution in [3.8, 4) is 5.75 Å². The lowest BCUT2D eigenvalue weighted by Gasteiger charge is -2.28. The molecule has 3 nitrogen and oxygen atoms in total. The highest BCUT2D eigenvalue weighted by Gasteiger charge is 2.21. The van der Waals surface area contributed by atoms with Crippen LogP contribution in [0, 0.1) is 0 Å². The molecule has 3 N–H and O–H groups in total. The van der Waals surface area contributed by atoms with E-state index in [0.717, 1.165) is 30.5 Å². The summed E-state index contributed by atoms with van der Waals surface area (Å²) in [6.07, 6.45) is 2.73. The molecule has 2 atom stereocenters. The fraction of sp³-hybridized carbons (Fsp3) is 0.333. The molecule has 0 aromatic heterocycles. The second-order valence-corrected chi connectivity index (χ2v) is 5.74. The number of para-hydroxylation sites is 1. The number of fused-ring (bicyclic) bond motifs is 1. The van der Waals surface area contributed by atoms with Gasteiger partial charge in [-0.25, -0.2) is 0 Å². The first-order chi connectivity index (χ1) is 10.1. The molecule has 0 saturated carbocycles. The standard InChI is InChI=1S/C18H21NO2/c1-12(20)15-6-2-3-7-17(15)19-18-8-4-5-13-9-10-14(21)11-16(13)18/h2-3,6-7,9-12,18-21H,4-5,8H2,1H3. The van der Waals surface area contributed by atoms with Gasteiger partial charge in [0.1, 0.15) is 5.75 Å². The van der Waals surface area contributed by atoms with Gasteiger partial charge in [0.2, 0.25) is 0 Å². The molecule has 2 aromatic rings. The van der Waals surface area contributed by atoms with Crippen molar-refractivity contribution in [3.05, 3.63) is 59.2 Å². The maximum Gasteiger partial charge on any atom is 0.115 e. The van der Waals surface area contributed by atoms with Crippen LogP contribution in [0.3, 0.4) is 0 Å². The first-order valence-electron chi connectivity index (χ1n) is 7.50. The molecule has 3 heteroatoms. The van der Waals surface area contributed by atoms with Gasteiger partial charge in [-0.1, -0.05) is 24.3 Å². The van der Waals surface area contributed by atoms with Crippen LogP contribution in [0.2, 0.25) is 0 Å². The molecule has 0 spiro atoms. The highest BCUT2D eigenvalue weighted by atomic mass is 16.3. The number of aromatic hydroxyl groups is 1. The first kappa shape index (κ1) is 14.0. The van der Waals surface area contributed by atoms with Crippen LogP contribution in [-0.2, 0) is 6.42 Å². The molecular formula is C18H21NO2. The predicted octanol–water partition coefficient (Wildman–Crippen LogP) is 3.94. The van der Waals surface area contributed by atoms with Crippen LogP contribution in [-0.4, -0.2) is 10.2 Å². The summed E-state index contributed by atoms with van der Waals surface area (Å²) >= 11 is 0. The Balaban J connectivity index is 1.92. The highest BCUT2D eigenvalue weighted by molar-refractivity contribution is 5.54. The molecule has 21 heavy (non-hydrogen) atoms. The van der Waals surface area contributed by atoms with Gasteiger partial charge in [-0.15, -0.1) is 0 Å². The van der Waals surface area contributed by atoms with Crippen molar-refractivity contribution in [2.24, 2.45) is 0 Å². The molecule has 0 radical (unpaired) electrons. The topological polar surface area (TPSA) is 52.5 Å². The molecule has 3 rings (SSSR count). The van der Waals surface area contributed by atoms with Gasteiger partial charge in [-0.05, 0) is 55.5 Å². The van der Waals surface area contributed by atoms with E-state index in [4.69, 9.17) is 0 Å². The van der Waals surface area contributed by atoms with E-state index in [1.165, 1.54) is 11.1 Å². The summed E-state index contributed by atoms with van der Waals surface area (Å²) in [5.74, 6) is 0.311. The number of hydrogen-bond acceptors (Lipinski definition) is 3. The molecule has 0 fully saturated rings. The first-order valence-corrected chi connectivity index (χ1v) is 7.50. The second kappa shape index (κ2) is 5.78. The van der Waals surface area contributed by atoms with Gasteiger partial charge < -0.3 is 15.5 Å². The molecule has 0 saturated heterocycles. The van der Waals surface area contributed by atoms with Crippen molar-refractivity contribution in [1.29, 1.82) is 0 Å². The number of aliphatic hydroxyl groups excluding tert-OH is 1. The van der Waals surface area contributed by atoms with E-state index < -0.39 is 6.10 Å². The summed E-state index contributed by atoms with van der Waals surface area (Å²) in [4.78, 5) is 0. The SMILES string of the molecule is CC(O)c1ccccc1NC1CCCc2ccc(O)cc21. The van der Waals surface area contributed by atoms with Crippen LogP contribution in [0.15, 0.2) is 42.5 Å². The van der Waals surface area contributed by atoms with Gasteiger partial charge in [-0.3, -0.25) is 0 Å². The predicted molar refractivity (Wildman–Crippen MR) is 84.5 cm³/mol. The lowest BCUT2D eigenvalue weighted by atomic mass is 9.87. The minimum atomic E-state index is -0.499. The van der Waals surface area contributed by atoms with Crippen molar-refractivity contribution >= 4 is 5.69 Å². The highest BCUT2D eigenvalue weighted by Crippen LogP contribution is 2.36. The van der Waals surface area contributed by atoms with Crippen LogP contribution in [0.25, 0.3) is 0 Å². The van der Waals surface area contributed by atoms with Gasteiger partial charge in [0.05, 0.1) is 12.1 Å². The summed E-state index contributed by atoms with van der Waals surface area (Å²) in [5.41, 5.74) is 4.34. The monoisotopic (exact) mass is 283 g/mol. The van der Waals surface area contributed by atoms with Gasteiger partial charge in [0.15, 0.2) is 0 Å². The Morgan fingerprint density at radius 3 is 2.81 bits per heavy atom. The summed E-state index contributed by atoms with van der Waals surface area (Å²) in [7, 11) is 0. The van der Waals surface area contributed by atoms with Crippen molar-refractivity contribution in [3.63, 3.8) is 0 Å². The lowest BCUT2D eigenvalue weighted by Crippen LogP contribution is -2.18. The Bertz CT molecular complexity index is 637. The molecule has 1 aliphatic carbocycles. The zero-order valence-corrected chi connectivity index (χ0v) is 12.2. The number of benzene rings is 2. The number of anilines is 1. The number of aliphatic hydroxyl groups is 1. The molecule has 1 aliphatic rings. The molecule has 2 aromatic carbocycles. The molecule has 0 aliphatic heterocycles. The van der Waals surface area contributed by atoms with E-state index >= 15 is 0 Å². The van der Waals surface area contributed by atoms with E-state index in [1.54, 1.807) is 13.0 Å². The largest absolute Gasteiger partial charge is 0.508 e. The minimum Gasteiger partial charge on any atom is -0.508 e. The zero-order valence-electron chi connectivity index (χ0n) is 12.2. The van der Waals surface area contributed by atoms with Gasteiger partial charge in [0, 0.05) is 11.3 Å². The van der Waals surface area contributed by atoms with E-state index in [-0.39, 0.29) is 6.04 Å². The quantitative estimate of drug-likeness (QED) is 0.800. The van der Waals surface area contributed by atoms with Crippen molar-refractivity contribution in [2.45, 2.75) is 38.3 Å². The molecular weight excluding hydrogens is 262 g/mol. The fourth-order valence-electron chi connectivity index (χ4n) is 3.12. The van der Waals surface area contributed by atoms with Crippen LogP contribution in [0.5, 0.6) is 5.75 Å². The normalized spacial score (nSPS) is 18.9. The Morgan fingerprint density at radius 2 is 2.00 bits per heavy atom. The summed E-state index contributed by atoms with van der Waals surface area (Å²) in [6, 6.07) is 13.7. The number of nitrogens with one attached hydrogen (secondary N) is 1. The third-order valence-electron chi connectivity index (χ3n) is 4.18. The molecule has 0 bridgehead atoms. The van der Waals surface area contributed by atoms with Gasteiger partial charge >= 0.3 is 0 Å². The van der Waals surface area contributed by atoms with E-state index in [0.29, 0.717) is 5.75 Å². The van der Waals surface area contributed by atoms with Gasteiger partial charge in [-0.2, -0.15) is 0 Å². The number of phenolic OH excluding ortho intramolecular Hbond substituents is 1. The maximum atomic E-state index is 9.89. The van der Waals surface area contributed by atoms with Crippen molar-refractivity contribution in [2.75, 3.05) is 5.32 Å². The minimum absolute atomic E-state index is 0.181. The smallest absolute Gasteiger partial charge is 0.115 e.